The molecule has 29 heavy (non-hydrogen) atoms. The van der Waals surface area contributed by atoms with Crippen molar-refractivity contribution in [2.45, 2.75) is 27.1 Å². The molecule has 1 atom stereocenters. The highest BCUT2D eigenvalue weighted by Gasteiger charge is 2.17. The van der Waals surface area contributed by atoms with E-state index in [0.29, 0.717) is 10.7 Å². The molecule has 0 amide bonds. The van der Waals surface area contributed by atoms with Crippen LogP contribution in [0.1, 0.15) is 20.8 Å². The van der Waals surface area contributed by atoms with Crippen molar-refractivity contribution < 1.29 is 5.11 Å². The Labute approximate surface area is 174 Å². The number of nitrogens with zero attached hydrogens (tertiary/aromatic N) is 2. The smallest absolute Gasteiger partial charge is 0.230 e. The summed E-state index contributed by atoms with van der Waals surface area (Å²) in [7, 11) is 0. The molecular formula is C20H24ClN7O. The number of fused-ring (bicyclic) bond motifs is 1. The van der Waals surface area contributed by atoms with Crippen LogP contribution in [0.2, 0.25) is 5.02 Å². The fraction of sp³-hybridized carbons (Fsp3) is 0.250. The first kappa shape index (κ1) is 20.6. The van der Waals surface area contributed by atoms with Crippen LogP contribution in [-0.4, -0.2) is 29.6 Å². The topological polar surface area (TPSA) is 117 Å². The van der Waals surface area contributed by atoms with Gasteiger partial charge >= 0.3 is 0 Å². The van der Waals surface area contributed by atoms with E-state index >= 15 is 0 Å². The third-order valence-electron chi connectivity index (χ3n) is 3.76. The zero-order valence-electron chi connectivity index (χ0n) is 16.4. The number of aliphatic imine (C=N–C) groups is 2. The van der Waals surface area contributed by atoms with Gasteiger partial charge in [-0.15, -0.1) is 0 Å². The maximum atomic E-state index is 9.64. The average Bonchev–Trinajstić information content (AvgIpc) is 3.00. The highest BCUT2D eigenvalue weighted by atomic mass is 35.5. The van der Waals surface area contributed by atoms with Gasteiger partial charge in [-0.1, -0.05) is 32.4 Å². The molecule has 0 aliphatic carbocycles. The molecule has 0 spiro atoms. The molecule has 0 saturated heterocycles. The van der Waals surface area contributed by atoms with Crippen LogP contribution >= 0.6 is 11.6 Å². The summed E-state index contributed by atoms with van der Waals surface area (Å²) in [6.07, 6.45) is 0.953. The predicted octanol–water partition coefficient (Wildman–Crippen LogP) is 4.38. The zero-order chi connectivity index (χ0) is 21.0. The summed E-state index contributed by atoms with van der Waals surface area (Å²) in [6.45, 7) is 6.08. The van der Waals surface area contributed by atoms with Crippen molar-refractivity contribution in [1.29, 1.82) is 5.41 Å². The molecule has 3 rings (SSSR count). The van der Waals surface area contributed by atoms with Gasteiger partial charge in [0, 0.05) is 22.6 Å². The molecule has 0 radical (unpaired) electrons. The van der Waals surface area contributed by atoms with E-state index in [1.54, 1.807) is 30.5 Å². The highest BCUT2D eigenvalue weighted by molar-refractivity contribution is 6.30. The van der Waals surface area contributed by atoms with E-state index < -0.39 is 6.35 Å². The van der Waals surface area contributed by atoms with Crippen molar-refractivity contribution in [3.63, 3.8) is 0 Å². The molecule has 6 N–H and O–H groups in total. The first-order valence-corrected chi connectivity index (χ1v) is 9.43. The fourth-order valence-corrected chi connectivity index (χ4v) is 2.60. The Bertz CT molecular complexity index is 948. The van der Waals surface area contributed by atoms with Crippen molar-refractivity contribution in [2.75, 3.05) is 21.3 Å². The minimum atomic E-state index is -0.816. The fourth-order valence-electron chi connectivity index (χ4n) is 2.47. The number of hydrogen-bond acceptors (Lipinski definition) is 4. The number of anilines is 4. The number of nitrogens with one attached hydrogen (secondary N) is 5. The maximum absolute atomic E-state index is 9.64. The van der Waals surface area contributed by atoms with Gasteiger partial charge in [0.15, 0.2) is 0 Å². The van der Waals surface area contributed by atoms with Crippen molar-refractivity contribution in [1.82, 2.24) is 0 Å². The Balaban J connectivity index is 1.79. The van der Waals surface area contributed by atoms with Gasteiger partial charge in [0.25, 0.3) is 0 Å². The monoisotopic (exact) mass is 413 g/mol. The standard InChI is InChI=1S/C20H24ClN7O/c1-20(2,3)11-23-18(28-17(22)24-13-6-4-12(21)5-7-13)25-14-8-9-15-16(10-14)27-19(29)26-15/h4-11,19,26-27,29H,1-3H3,(H3,22,24,25,28)/b23-11+. The minimum Gasteiger partial charge on any atom is -0.357 e. The van der Waals surface area contributed by atoms with Crippen LogP contribution in [0.3, 0.4) is 0 Å². The highest BCUT2D eigenvalue weighted by Crippen LogP contribution is 2.31. The van der Waals surface area contributed by atoms with Crippen LogP contribution in [0.15, 0.2) is 52.4 Å². The quantitative estimate of drug-likeness (QED) is 0.322. The van der Waals surface area contributed by atoms with Crippen LogP contribution in [0.5, 0.6) is 0 Å². The minimum absolute atomic E-state index is 0.0720. The van der Waals surface area contributed by atoms with Crippen molar-refractivity contribution in [3.8, 4) is 0 Å². The molecule has 0 fully saturated rings. The largest absolute Gasteiger partial charge is 0.357 e. The summed E-state index contributed by atoms with van der Waals surface area (Å²) in [5, 5.41) is 30.2. The van der Waals surface area contributed by atoms with E-state index in [4.69, 9.17) is 17.0 Å². The number of aliphatic hydroxyl groups is 1. The molecule has 0 saturated carbocycles. The van der Waals surface area contributed by atoms with Gasteiger partial charge in [0.2, 0.25) is 18.3 Å². The molecule has 2 aromatic rings. The first-order chi connectivity index (χ1) is 13.7. The molecule has 0 bridgehead atoms. The third-order valence-corrected chi connectivity index (χ3v) is 4.01. The van der Waals surface area contributed by atoms with Gasteiger partial charge < -0.3 is 26.4 Å². The first-order valence-electron chi connectivity index (χ1n) is 9.05. The molecule has 152 valence electrons. The van der Waals surface area contributed by atoms with E-state index in [-0.39, 0.29) is 17.3 Å². The number of rotatable bonds is 2. The van der Waals surface area contributed by atoms with Crippen LogP contribution < -0.4 is 21.3 Å². The lowest BCUT2D eigenvalue weighted by molar-refractivity contribution is 0.238. The number of benzene rings is 2. The van der Waals surface area contributed by atoms with Gasteiger partial charge in [0.1, 0.15) is 0 Å². The van der Waals surface area contributed by atoms with Crippen molar-refractivity contribution in [2.24, 2.45) is 15.4 Å². The molecule has 1 unspecified atom stereocenters. The van der Waals surface area contributed by atoms with Gasteiger partial charge in [0.05, 0.1) is 11.4 Å². The molecule has 1 heterocycles. The SMILES string of the molecule is CC(C)(C)/C=N/C(=N\C(=N)Nc1ccc(Cl)cc1)Nc1ccc2c(c1)NC(O)N2. The molecule has 2 aromatic carbocycles. The van der Waals surface area contributed by atoms with Crippen LogP contribution in [0.25, 0.3) is 0 Å². The third kappa shape index (κ3) is 6.20. The summed E-state index contributed by atoms with van der Waals surface area (Å²) in [6, 6.07) is 12.5. The summed E-state index contributed by atoms with van der Waals surface area (Å²) in [5.41, 5.74) is 2.83. The van der Waals surface area contributed by atoms with Crippen molar-refractivity contribution in [3.05, 3.63) is 47.5 Å². The summed E-state index contributed by atoms with van der Waals surface area (Å²) < 4.78 is 0. The Morgan fingerprint density at radius 3 is 2.41 bits per heavy atom. The van der Waals surface area contributed by atoms with E-state index in [1.165, 1.54) is 0 Å². The molecule has 8 nitrogen and oxygen atoms in total. The number of aliphatic hydroxyl groups excluding tert-OH is 1. The zero-order valence-corrected chi connectivity index (χ0v) is 17.2. The molecule has 1 aliphatic heterocycles. The van der Waals surface area contributed by atoms with Gasteiger partial charge in [-0.3, -0.25) is 5.41 Å². The van der Waals surface area contributed by atoms with E-state index in [9.17, 15) is 5.11 Å². The molecule has 9 heteroatoms. The molecular weight excluding hydrogens is 390 g/mol. The van der Waals surface area contributed by atoms with E-state index in [1.807, 2.05) is 39.0 Å². The second-order valence-corrected chi connectivity index (χ2v) is 8.05. The lowest BCUT2D eigenvalue weighted by Gasteiger charge is -2.12. The van der Waals surface area contributed by atoms with Gasteiger partial charge in [-0.2, -0.15) is 4.99 Å². The predicted molar refractivity (Wildman–Crippen MR) is 122 cm³/mol. The van der Waals surface area contributed by atoms with E-state index in [2.05, 4.69) is 31.3 Å². The Morgan fingerprint density at radius 1 is 1.07 bits per heavy atom. The van der Waals surface area contributed by atoms with Crippen LogP contribution in [0, 0.1) is 10.8 Å². The maximum Gasteiger partial charge on any atom is 0.230 e. The van der Waals surface area contributed by atoms with Crippen molar-refractivity contribution >= 4 is 52.5 Å². The normalized spacial score (nSPS) is 16.2. The summed E-state index contributed by atoms with van der Waals surface area (Å²) in [5.74, 6) is 0.190. The van der Waals surface area contributed by atoms with Crippen LogP contribution in [0.4, 0.5) is 22.7 Å². The Kier molecular flexibility index (Phi) is 6.05. The number of halogens is 1. The lowest BCUT2D eigenvalue weighted by Crippen LogP contribution is -2.20. The Hall–Kier alpha value is -3.10. The van der Waals surface area contributed by atoms with Crippen LogP contribution in [-0.2, 0) is 0 Å². The second kappa shape index (κ2) is 8.50. The Morgan fingerprint density at radius 2 is 1.72 bits per heavy atom. The number of guanidine groups is 2. The second-order valence-electron chi connectivity index (χ2n) is 7.62. The summed E-state index contributed by atoms with van der Waals surface area (Å²) >= 11 is 5.89. The summed E-state index contributed by atoms with van der Waals surface area (Å²) in [4.78, 5) is 8.68. The average molecular weight is 414 g/mol. The molecule has 1 aliphatic rings. The number of hydrogen-bond donors (Lipinski definition) is 6. The van der Waals surface area contributed by atoms with Gasteiger partial charge in [-0.25, -0.2) is 4.99 Å². The van der Waals surface area contributed by atoms with E-state index in [0.717, 1.165) is 17.1 Å². The lowest BCUT2D eigenvalue weighted by atomic mass is 9.99. The molecule has 0 aromatic heterocycles. The van der Waals surface area contributed by atoms with Gasteiger partial charge in [-0.05, 0) is 47.9 Å².